The number of imidazole rings is 1. The summed E-state index contributed by atoms with van der Waals surface area (Å²) in [5, 5.41) is 26.7. The fourth-order valence-electron chi connectivity index (χ4n) is 3.44. The van der Waals surface area contributed by atoms with Crippen molar-refractivity contribution in [1.29, 1.82) is 0 Å². The highest BCUT2D eigenvalue weighted by Gasteiger charge is 2.26. The Labute approximate surface area is 199 Å². The van der Waals surface area contributed by atoms with Crippen molar-refractivity contribution >= 4 is 34.6 Å². The number of rotatable bonds is 12. The number of carbonyl (C=O) groups is 4. The second-order valence-corrected chi connectivity index (χ2v) is 7.87. The third-order valence-electron chi connectivity index (χ3n) is 5.30. The predicted octanol–water partition coefficient (Wildman–Crippen LogP) is -1.83. The number of carboxylic acids is 1. The largest absolute Gasteiger partial charge is 0.480 e. The van der Waals surface area contributed by atoms with Gasteiger partial charge in [-0.3, -0.25) is 14.4 Å². The van der Waals surface area contributed by atoms with Gasteiger partial charge in [-0.05, 0) is 11.6 Å². The van der Waals surface area contributed by atoms with Crippen molar-refractivity contribution in [3.05, 3.63) is 54.2 Å². The minimum absolute atomic E-state index is 0.0235. The second kappa shape index (κ2) is 11.8. The third kappa shape index (κ3) is 6.88. The number of H-pyrrole nitrogens is 2. The zero-order valence-corrected chi connectivity index (χ0v) is 18.7. The summed E-state index contributed by atoms with van der Waals surface area (Å²) in [5.41, 5.74) is 7.60. The number of aromatic amines is 2. The number of hydrogen-bond donors (Lipinski definition) is 8. The molecular formula is C22H27N7O6. The first-order chi connectivity index (χ1) is 16.8. The van der Waals surface area contributed by atoms with Gasteiger partial charge in [0.2, 0.25) is 17.7 Å². The summed E-state index contributed by atoms with van der Waals surface area (Å²) in [4.78, 5) is 58.6. The summed E-state index contributed by atoms with van der Waals surface area (Å²) in [6.07, 6.45) is 4.62. The van der Waals surface area contributed by atoms with E-state index in [9.17, 15) is 24.3 Å². The molecule has 13 nitrogen and oxygen atoms in total. The van der Waals surface area contributed by atoms with Crippen LogP contribution in [0.15, 0.2) is 43.0 Å². The van der Waals surface area contributed by atoms with Crippen LogP contribution in [0.5, 0.6) is 0 Å². The van der Waals surface area contributed by atoms with Crippen LogP contribution < -0.4 is 21.7 Å². The highest BCUT2D eigenvalue weighted by molar-refractivity contribution is 5.93. The molecule has 0 aliphatic rings. The van der Waals surface area contributed by atoms with E-state index < -0.39 is 55.0 Å². The van der Waals surface area contributed by atoms with Gasteiger partial charge in [0.05, 0.1) is 19.5 Å². The first-order valence-corrected chi connectivity index (χ1v) is 10.8. The van der Waals surface area contributed by atoms with Crippen LogP contribution in [0.3, 0.4) is 0 Å². The van der Waals surface area contributed by atoms with Gasteiger partial charge in [0, 0.05) is 41.8 Å². The Kier molecular flexibility index (Phi) is 8.53. The van der Waals surface area contributed by atoms with Gasteiger partial charge in [-0.2, -0.15) is 0 Å². The average molecular weight is 486 g/mol. The lowest BCUT2D eigenvalue weighted by Gasteiger charge is -2.20. The van der Waals surface area contributed by atoms with Gasteiger partial charge in [-0.1, -0.05) is 18.2 Å². The molecule has 3 unspecified atom stereocenters. The molecule has 0 spiro atoms. The minimum Gasteiger partial charge on any atom is -0.480 e. The Morgan fingerprint density at radius 1 is 1.03 bits per heavy atom. The van der Waals surface area contributed by atoms with E-state index in [1.54, 1.807) is 6.20 Å². The fraction of sp³-hybridized carbons (Fsp3) is 0.318. The molecule has 13 heteroatoms. The lowest BCUT2D eigenvalue weighted by Crippen LogP contribution is -2.55. The van der Waals surface area contributed by atoms with E-state index in [1.165, 1.54) is 12.5 Å². The van der Waals surface area contributed by atoms with Gasteiger partial charge in [0.25, 0.3) is 0 Å². The molecule has 186 valence electrons. The van der Waals surface area contributed by atoms with Crippen LogP contribution in [0.2, 0.25) is 0 Å². The van der Waals surface area contributed by atoms with Gasteiger partial charge < -0.3 is 41.9 Å². The average Bonchev–Trinajstić information content (AvgIpc) is 3.51. The Morgan fingerprint density at radius 3 is 2.49 bits per heavy atom. The van der Waals surface area contributed by atoms with Gasteiger partial charge in [-0.25, -0.2) is 9.78 Å². The smallest absolute Gasteiger partial charge is 0.326 e. The summed E-state index contributed by atoms with van der Waals surface area (Å²) >= 11 is 0. The number of amides is 3. The molecule has 2 heterocycles. The van der Waals surface area contributed by atoms with Crippen LogP contribution in [0.4, 0.5) is 0 Å². The number of hydrogen-bond acceptors (Lipinski definition) is 7. The fourth-order valence-corrected chi connectivity index (χ4v) is 3.44. The lowest BCUT2D eigenvalue weighted by atomic mass is 10.0. The number of benzene rings is 1. The van der Waals surface area contributed by atoms with Crippen molar-refractivity contribution in [2.75, 3.05) is 13.2 Å². The lowest BCUT2D eigenvalue weighted by molar-refractivity contribution is -0.141. The number of aliphatic hydroxyl groups excluding tert-OH is 1. The Bertz CT molecular complexity index is 1180. The standard InChI is InChI=1S/C22H27N7O6/c23-15(10-30)20(32)29-17(6-13-8-24-11-27-13)21(33)26-9-19(31)28-18(22(34)35)5-12-7-25-16-4-2-1-3-14(12)16/h1-4,7-8,11,15,17-18,25,30H,5-6,9-10,23H2,(H,24,27)(H,26,33)(H,28,31)(H,29,32)(H,34,35). The monoisotopic (exact) mass is 485 g/mol. The first-order valence-electron chi connectivity index (χ1n) is 10.8. The molecule has 0 saturated heterocycles. The zero-order chi connectivity index (χ0) is 25.4. The number of aromatic nitrogens is 3. The van der Waals surface area contributed by atoms with Crippen molar-refractivity contribution in [3.63, 3.8) is 0 Å². The molecule has 35 heavy (non-hydrogen) atoms. The third-order valence-corrected chi connectivity index (χ3v) is 5.30. The van der Waals surface area contributed by atoms with Crippen molar-refractivity contribution in [2.24, 2.45) is 5.73 Å². The summed E-state index contributed by atoms with van der Waals surface area (Å²) in [7, 11) is 0. The number of fused-ring (bicyclic) bond motifs is 1. The summed E-state index contributed by atoms with van der Waals surface area (Å²) < 4.78 is 0. The molecule has 0 aliphatic carbocycles. The minimum atomic E-state index is -1.23. The van der Waals surface area contributed by atoms with Gasteiger partial charge in [0.15, 0.2) is 0 Å². The van der Waals surface area contributed by atoms with Gasteiger partial charge >= 0.3 is 5.97 Å². The van der Waals surface area contributed by atoms with Crippen LogP contribution in [0, 0.1) is 0 Å². The molecule has 3 atom stereocenters. The summed E-state index contributed by atoms with van der Waals surface area (Å²) in [5.74, 6) is -3.39. The number of carbonyl (C=O) groups excluding carboxylic acids is 3. The Balaban J connectivity index is 1.59. The van der Waals surface area contributed by atoms with E-state index in [-0.39, 0.29) is 12.8 Å². The van der Waals surface area contributed by atoms with Gasteiger partial charge in [0.1, 0.15) is 18.1 Å². The first kappa shape index (κ1) is 25.4. The molecule has 0 bridgehead atoms. The highest BCUT2D eigenvalue weighted by Crippen LogP contribution is 2.19. The summed E-state index contributed by atoms with van der Waals surface area (Å²) in [6.45, 7) is -1.13. The van der Waals surface area contributed by atoms with Crippen LogP contribution in [0.1, 0.15) is 11.3 Å². The van der Waals surface area contributed by atoms with E-state index in [1.807, 2.05) is 24.3 Å². The molecule has 0 radical (unpaired) electrons. The SMILES string of the molecule is NC(CO)C(=O)NC(Cc1cnc[nH]1)C(=O)NCC(=O)NC(Cc1c[nH]c2ccccc12)C(=O)O. The van der Waals surface area contributed by atoms with E-state index in [0.717, 1.165) is 16.5 Å². The number of nitrogens with zero attached hydrogens (tertiary/aromatic N) is 1. The number of nitrogens with one attached hydrogen (secondary N) is 5. The van der Waals surface area contributed by atoms with E-state index >= 15 is 0 Å². The quantitative estimate of drug-likeness (QED) is 0.146. The molecule has 9 N–H and O–H groups in total. The van der Waals surface area contributed by atoms with Crippen LogP contribution in [-0.2, 0) is 32.0 Å². The molecule has 0 fully saturated rings. The maximum absolute atomic E-state index is 12.7. The Morgan fingerprint density at radius 2 is 1.80 bits per heavy atom. The van der Waals surface area contributed by atoms with E-state index in [0.29, 0.717) is 5.69 Å². The molecule has 3 rings (SSSR count). The molecular weight excluding hydrogens is 458 g/mol. The van der Waals surface area contributed by atoms with Crippen molar-refractivity contribution in [3.8, 4) is 0 Å². The Hall–Kier alpha value is -4.23. The molecule has 2 aromatic heterocycles. The van der Waals surface area contributed by atoms with Crippen molar-refractivity contribution in [1.82, 2.24) is 30.9 Å². The topological polar surface area (TPSA) is 215 Å². The van der Waals surface area contributed by atoms with Crippen molar-refractivity contribution < 1.29 is 29.4 Å². The highest BCUT2D eigenvalue weighted by atomic mass is 16.4. The summed E-state index contributed by atoms with van der Waals surface area (Å²) in [6, 6.07) is 3.82. The van der Waals surface area contributed by atoms with E-state index in [4.69, 9.17) is 10.8 Å². The number of aliphatic carboxylic acids is 1. The normalized spacial score (nSPS) is 13.5. The number of para-hydroxylation sites is 1. The van der Waals surface area contributed by atoms with Crippen LogP contribution in [-0.4, -0.2) is 80.1 Å². The number of aliphatic hydroxyl groups is 1. The molecule has 3 aromatic rings. The van der Waals surface area contributed by atoms with Crippen molar-refractivity contribution in [2.45, 2.75) is 31.0 Å². The van der Waals surface area contributed by atoms with E-state index in [2.05, 4.69) is 30.9 Å². The molecule has 3 amide bonds. The van der Waals surface area contributed by atoms with Crippen LogP contribution in [0.25, 0.3) is 10.9 Å². The maximum atomic E-state index is 12.7. The van der Waals surface area contributed by atoms with Gasteiger partial charge in [-0.15, -0.1) is 0 Å². The number of nitrogens with two attached hydrogens (primary N) is 1. The zero-order valence-electron chi connectivity index (χ0n) is 18.7. The molecule has 0 saturated carbocycles. The maximum Gasteiger partial charge on any atom is 0.326 e. The predicted molar refractivity (Wildman–Crippen MR) is 124 cm³/mol. The number of carboxylic acid groups (broad SMARTS) is 1. The van der Waals surface area contributed by atoms with Crippen LogP contribution >= 0.6 is 0 Å². The molecule has 1 aromatic carbocycles. The molecule has 0 aliphatic heterocycles. The second-order valence-electron chi connectivity index (χ2n) is 7.87.